The summed E-state index contributed by atoms with van der Waals surface area (Å²) in [4.78, 5) is 16.9. The Hall–Kier alpha value is -2.33. The number of nitrogens with one attached hydrogen (secondary N) is 1. The van der Waals surface area contributed by atoms with E-state index in [0.29, 0.717) is 12.6 Å². The van der Waals surface area contributed by atoms with E-state index in [1.54, 1.807) is 0 Å². The number of nitrogens with zero attached hydrogens (tertiary/aromatic N) is 2. The molecule has 0 bridgehead atoms. The highest BCUT2D eigenvalue weighted by Gasteiger charge is 2.32. The van der Waals surface area contributed by atoms with Crippen LogP contribution in [0.3, 0.4) is 0 Å². The number of carbonyl (C=O) groups excluding carboxylic acids is 1. The normalized spacial score (nSPS) is 19.0. The van der Waals surface area contributed by atoms with Gasteiger partial charge in [0, 0.05) is 32.2 Å². The fourth-order valence-electron chi connectivity index (χ4n) is 3.80. The Labute approximate surface area is 143 Å². The first kappa shape index (κ1) is 15.2. The molecule has 0 saturated carbocycles. The summed E-state index contributed by atoms with van der Waals surface area (Å²) in [5, 5.41) is 3.01. The predicted molar refractivity (Wildman–Crippen MR) is 95.9 cm³/mol. The highest BCUT2D eigenvalue weighted by molar-refractivity contribution is 5.95. The first-order valence-electron chi connectivity index (χ1n) is 8.72. The maximum Gasteiger partial charge on any atom is 0.322 e. The lowest BCUT2D eigenvalue weighted by atomic mass is 9.99. The molecule has 2 heterocycles. The Balaban J connectivity index is 1.43. The minimum Gasteiger partial charge on any atom is -0.334 e. The van der Waals surface area contributed by atoms with E-state index in [0.717, 1.165) is 38.2 Å². The van der Waals surface area contributed by atoms with Crippen LogP contribution in [0.25, 0.3) is 0 Å². The molecule has 0 spiro atoms. The van der Waals surface area contributed by atoms with E-state index in [9.17, 15) is 4.79 Å². The van der Waals surface area contributed by atoms with E-state index >= 15 is 0 Å². The van der Waals surface area contributed by atoms with Gasteiger partial charge in [-0.2, -0.15) is 0 Å². The second-order valence-corrected chi connectivity index (χ2v) is 6.65. The van der Waals surface area contributed by atoms with Gasteiger partial charge in [0.25, 0.3) is 0 Å². The molecular formula is C20H23N3O. The second kappa shape index (κ2) is 6.65. The zero-order valence-electron chi connectivity index (χ0n) is 13.8. The van der Waals surface area contributed by atoms with E-state index in [-0.39, 0.29) is 6.03 Å². The van der Waals surface area contributed by atoms with Crippen LogP contribution in [0.5, 0.6) is 0 Å². The summed E-state index contributed by atoms with van der Waals surface area (Å²) >= 11 is 0. The van der Waals surface area contributed by atoms with Crippen LogP contribution in [0.2, 0.25) is 0 Å². The van der Waals surface area contributed by atoms with Crippen LogP contribution >= 0.6 is 0 Å². The molecule has 0 aromatic heterocycles. The molecule has 2 aromatic carbocycles. The minimum atomic E-state index is 0.0511. The third kappa shape index (κ3) is 3.02. The summed E-state index contributed by atoms with van der Waals surface area (Å²) in [6.07, 6.45) is 2.04. The fourth-order valence-corrected chi connectivity index (χ4v) is 3.80. The number of likely N-dealkylation sites (tertiary alicyclic amines) is 1. The van der Waals surface area contributed by atoms with Crippen molar-refractivity contribution < 1.29 is 4.79 Å². The Morgan fingerprint density at radius 3 is 2.46 bits per heavy atom. The van der Waals surface area contributed by atoms with Crippen molar-refractivity contribution in [2.45, 2.75) is 32.0 Å². The molecule has 1 fully saturated rings. The van der Waals surface area contributed by atoms with Crippen molar-refractivity contribution in [3.05, 3.63) is 65.7 Å². The average molecular weight is 321 g/mol. The maximum atomic E-state index is 12.4. The average Bonchev–Trinajstić information content (AvgIpc) is 2.63. The molecule has 0 radical (unpaired) electrons. The molecule has 124 valence electrons. The van der Waals surface area contributed by atoms with Gasteiger partial charge in [-0.25, -0.2) is 4.79 Å². The van der Waals surface area contributed by atoms with Crippen LogP contribution in [-0.2, 0) is 13.1 Å². The largest absolute Gasteiger partial charge is 0.334 e. The lowest BCUT2D eigenvalue weighted by Gasteiger charge is -2.41. The summed E-state index contributed by atoms with van der Waals surface area (Å²) in [7, 11) is 0. The molecule has 0 atom stereocenters. The molecule has 2 aromatic rings. The van der Waals surface area contributed by atoms with Crippen LogP contribution in [0.4, 0.5) is 10.5 Å². The van der Waals surface area contributed by atoms with E-state index in [1.165, 1.54) is 11.1 Å². The van der Waals surface area contributed by atoms with Crippen molar-refractivity contribution in [2.24, 2.45) is 0 Å². The van der Waals surface area contributed by atoms with E-state index in [1.807, 2.05) is 17.0 Å². The maximum absolute atomic E-state index is 12.4. The smallest absolute Gasteiger partial charge is 0.322 e. The molecule has 1 N–H and O–H groups in total. The topological polar surface area (TPSA) is 35.6 Å². The summed E-state index contributed by atoms with van der Waals surface area (Å²) < 4.78 is 0. The van der Waals surface area contributed by atoms with Gasteiger partial charge >= 0.3 is 6.03 Å². The van der Waals surface area contributed by atoms with Crippen LogP contribution in [0.15, 0.2) is 54.6 Å². The minimum absolute atomic E-state index is 0.0511. The third-order valence-corrected chi connectivity index (χ3v) is 5.07. The Morgan fingerprint density at radius 2 is 1.67 bits per heavy atom. The number of benzene rings is 2. The van der Waals surface area contributed by atoms with Gasteiger partial charge in [-0.15, -0.1) is 0 Å². The number of anilines is 1. The Bertz CT molecular complexity index is 708. The number of carbonyl (C=O) groups is 1. The van der Waals surface area contributed by atoms with Crippen LogP contribution in [-0.4, -0.2) is 30.1 Å². The molecule has 1 saturated heterocycles. The zero-order valence-corrected chi connectivity index (χ0v) is 13.8. The van der Waals surface area contributed by atoms with E-state index in [2.05, 4.69) is 52.7 Å². The quantitative estimate of drug-likeness (QED) is 0.941. The molecule has 24 heavy (non-hydrogen) atoms. The van der Waals surface area contributed by atoms with Crippen LogP contribution in [0.1, 0.15) is 24.0 Å². The summed E-state index contributed by atoms with van der Waals surface area (Å²) in [6.45, 7) is 3.70. The lowest BCUT2D eigenvalue weighted by Crippen LogP contribution is -2.53. The summed E-state index contributed by atoms with van der Waals surface area (Å²) in [6, 6.07) is 19.2. The van der Waals surface area contributed by atoms with Gasteiger partial charge in [0.15, 0.2) is 0 Å². The highest BCUT2D eigenvalue weighted by Crippen LogP contribution is 2.30. The van der Waals surface area contributed by atoms with Crippen LogP contribution in [0, 0.1) is 0 Å². The molecule has 4 nitrogen and oxygen atoms in total. The first-order valence-corrected chi connectivity index (χ1v) is 8.72. The number of hydrogen-bond acceptors (Lipinski definition) is 2. The molecule has 2 aliphatic rings. The SMILES string of the molecule is O=C1NCc2ccccc2N1C1CCN(Cc2ccccc2)CC1. The van der Waals surface area contributed by atoms with E-state index in [4.69, 9.17) is 0 Å². The number of fused-ring (bicyclic) bond motifs is 1. The standard InChI is InChI=1S/C20H23N3O/c24-20-21-14-17-8-4-5-9-19(17)23(20)18-10-12-22(13-11-18)15-16-6-2-1-3-7-16/h1-9,18H,10-15H2,(H,21,24). The van der Waals surface area contributed by atoms with Gasteiger partial charge in [0.1, 0.15) is 0 Å². The first-order chi connectivity index (χ1) is 11.8. The molecule has 2 aliphatic heterocycles. The monoisotopic (exact) mass is 321 g/mol. The number of para-hydroxylation sites is 1. The van der Waals surface area contributed by atoms with Crippen molar-refractivity contribution >= 4 is 11.7 Å². The van der Waals surface area contributed by atoms with Crippen molar-refractivity contribution in [3.63, 3.8) is 0 Å². The number of rotatable bonds is 3. The number of piperidine rings is 1. The third-order valence-electron chi connectivity index (χ3n) is 5.07. The molecular weight excluding hydrogens is 298 g/mol. The summed E-state index contributed by atoms with van der Waals surface area (Å²) in [5.74, 6) is 0. The highest BCUT2D eigenvalue weighted by atomic mass is 16.2. The van der Waals surface area contributed by atoms with Crippen LogP contribution < -0.4 is 10.2 Å². The van der Waals surface area contributed by atoms with E-state index < -0.39 is 0 Å². The Kier molecular flexibility index (Phi) is 4.22. The number of urea groups is 1. The zero-order chi connectivity index (χ0) is 16.4. The molecule has 2 amide bonds. The molecule has 0 unspecified atom stereocenters. The Morgan fingerprint density at radius 1 is 0.958 bits per heavy atom. The van der Waals surface area contributed by atoms with Gasteiger partial charge in [0.05, 0.1) is 5.69 Å². The number of hydrogen-bond donors (Lipinski definition) is 1. The van der Waals surface area contributed by atoms with Gasteiger partial charge in [-0.3, -0.25) is 9.80 Å². The van der Waals surface area contributed by atoms with Gasteiger partial charge in [-0.05, 0) is 30.0 Å². The fraction of sp³-hybridized carbons (Fsp3) is 0.350. The van der Waals surface area contributed by atoms with Crippen molar-refractivity contribution in [2.75, 3.05) is 18.0 Å². The van der Waals surface area contributed by atoms with Gasteiger partial charge in [0.2, 0.25) is 0 Å². The molecule has 0 aliphatic carbocycles. The van der Waals surface area contributed by atoms with Crippen molar-refractivity contribution in [1.82, 2.24) is 10.2 Å². The summed E-state index contributed by atoms with van der Waals surface area (Å²) in [5.41, 5.74) is 3.66. The van der Waals surface area contributed by atoms with Crippen molar-refractivity contribution in [3.8, 4) is 0 Å². The number of amides is 2. The second-order valence-electron chi connectivity index (χ2n) is 6.65. The van der Waals surface area contributed by atoms with Gasteiger partial charge in [-0.1, -0.05) is 48.5 Å². The van der Waals surface area contributed by atoms with Crippen molar-refractivity contribution in [1.29, 1.82) is 0 Å². The molecule has 4 heteroatoms. The molecule has 4 rings (SSSR count). The predicted octanol–water partition coefficient (Wildman–Crippen LogP) is 3.38. The van der Waals surface area contributed by atoms with Gasteiger partial charge < -0.3 is 5.32 Å². The lowest BCUT2D eigenvalue weighted by molar-refractivity contribution is 0.196.